The van der Waals surface area contributed by atoms with Gasteiger partial charge in [0.25, 0.3) is 0 Å². The maximum atomic E-state index is 10.6. The molecule has 0 aliphatic rings. The van der Waals surface area contributed by atoms with E-state index in [-0.39, 0.29) is 0 Å². The highest BCUT2D eigenvalue weighted by atomic mass is 16.5. The first kappa shape index (κ1) is 23.7. The fraction of sp³-hybridized carbons (Fsp3) is 0.708. The van der Waals surface area contributed by atoms with Crippen molar-refractivity contribution in [3.8, 4) is 5.75 Å². The molecule has 0 aliphatic heterocycles. The third-order valence-electron chi connectivity index (χ3n) is 4.90. The second-order valence-corrected chi connectivity index (χ2v) is 7.39. The van der Waals surface area contributed by atoms with Gasteiger partial charge in [-0.15, -0.1) is 0 Å². The van der Waals surface area contributed by atoms with Crippen LogP contribution in [0.3, 0.4) is 0 Å². The van der Waals surface area contributed by atoms with Crippen molar-refractivity contribution in [2.45, 2.75) is 90.4 Å². The monoisotopic (exact) mass is 376 g/mol. The number of hydrogen-bond acceptors (Lipinski definition) is 3. The molecule has 0 unspecified atom stereocenters. The number of benzene rings is 1. The van der Waals surface area contributed by atoms with E-state index < -0.39 is 0 Å². The fourth-order valence-electron chi connectivity index (χ4n) is 3.19. The van der Waals surface area contributed by atoms with Crippen molar-refractivity contribution in [3.05, 3.63) is 29.8 Å². The first-order valence-electron chi connectivity index (χ1n) is 11.1. The van der Waals surface area contributed by atoms with E-state index in [1.807, 2.05) is 12.1 Å². The van der Waals surface area contributed by atoms with Crippen molar-refractivity contribution in [1.82, 2.24) is 0 Å². The zero-order chi connectivity index (χ0) is 19.4. The van der Waals surface area contributed by atoms with Crippen LogP contribution in [-0.4, -0.2) is 26.1 Å². The first-order chi connectivity index (χ1) is 13.4. The minimum atomic E-state index is 0.554. The van der Waals surface area contributed by atoms with E-state index in [0.29, 0.717) is 18.8 Å². The molecule has 1 aromatic rings. The molecular weight excluding hydrogens is 336 g/mol. The Balaban J connectivity index is 1.76. The van der Waals surface area contributed by atoms with Crippen LogP contribution in [0.2, 0.25) is 0 Å². The Bertz CT molecular complexity index is 441. The SMILES string of the molecule is CCCCCCCCCCCCCCCOCCOc1ccc(C=O)cc1. The summed E-state index contributed by atoms with van der Waals surface area (Å²) in [5.41, 5.74) is 0.668. The number of carbonyl (C=O) groups excluding carboxylic acids is 1. The van der Waals surface area contributed by atoms with Gasteiger partial charge in [0.15, 0.2) is 0 Å². The molecule has 3 nitrogen and oxygen atoms in total. The lowest BCUT2D eigenvalue weighted by Gasteiger charge is -2.07. The lowest BCUT2D eigenvalue weighted by atomic mass is 10.0. The summed E-state index contributed by atoms with van der Waals surface area (Å²) < 4.78 is 11.2. The van der Waals surface area contributed by atoms with Gasteiger partial charge in [0.05, 0.1) is 6.61 Å². The summed E-state index contributed by atoms with van der Waals surface area (Å²) in [4.78, 5) is 10.6. The molecule has 27 heavy (non-hydrogen) atoms. The Hall–Kier alpha value is -1.35. The second kappa shape index (κ2) is 18.0. The average Bonchev–Trinajstić information content (AvgIpc) is 2.70. The lowest BCUT2D eigenvalue weighted by Crippen LogP contribution is -2.07. The van der Waals surface area contributed by atoms with E-state index in [9.17, 15) is 4.79 Å². The van der Waals surface area contributed by atoms with Crippen LogP contribution in [0.15, 0.2) is 24.3 Å². The number of hydrogen-bond donors (Lipinski definition) is 0. The van der Waals surface area contributed by atoms with Crippen LogP contribution < -0.4 is 4.74 Å². The predicted octanol–water partition coefficient (Wildman–Crippen LogP) is 6.99. The van der Waals surface area contributed by atoms with Crippen LogP contribution in [-0.2, 0) is 4.74 Å². The van der Waals surface area contributed by atoms with Crippen molar-refractivity contribution in [2.75, 3.05) is 19.8 Å². The lowest BCUT2D eigenvalue weighted by molar-refractivity contribution is 0.0970. The van der Waals surface area contributed by atoms with Crippen molar-refractivity contribution < 1.29 is 14.3 Å². The van der Waals surface area contributed by atoms with Crippen LogP contribution in [0.4, 0.5) is 0 Å². The van der Waals surface area contributed by atoms with Crippen LogP contribution in [0, 0.1) is 0 Å². The van der Waals surface area contributed by atoms with Gasteiger partial charge in [0.2, 0.25) is 0 Å². The molecule has 0 fully saturated rings. The Morgan fingerprint density at radius 1 is 0.667 bits per heavy atom. The van der Waals surface area contributed by atoms with Gasteiger partial charge in [-0.3, -0.25) is 4.79 Å². The highest BCUT2D eigenvalue weighted by Crippen LogP contribution is 2.13. The van der Waals surface area contributed by atoms with Crippen LogP contribution in [0.5, 0.6) is 5.75 Å². The van der Waals surface area contributed by atoms with Crippen LogP contribution >= 0.6 is 0 Å². The average molecular weight is 377 g/mol. The van der Waals surface area contributed by atoms with Crippen molar-refractivity contribution >= 4 is 6.29 Å². The molecule has 0 aliphatic carbocycles. The normalized spacial score (nSPS) is 10.9. The fourth-order valence-corrected chi connectivity index (χ4v) is 3.19. The summed E-state index contributed by atoms with van der Waals surface area (Å²) in [6, 6.07) is 7.15. The van der Waals surface area contributed by atoms with Gasteiger partial charge in [0.1, 0.15) is 18.6 Å². The summed E-state index contributed by atoms with van der Waals surface area (Å²) in [7, 11) is 0. The zero-order valence-corrected chi connectivity index (χ0v) is 17.4. The minimum Gasteiger partial charge on any atom is -0.491 e. The van der Waals surface area contributed by atoms with Gasteiger partial charge in [-0.2, -0.15) is 0 Å². The van der Waals surface area contributed by atoms with Gasteiger partial charge < -0.3 is 9.47 Å². The van der Waals surface area contributed by atoms with Crippen LogP contribution in [0.1, 0.15) is 101 Å². The highest BCUT2D eigenvalue weighted by molar-refractivity contribution is 5.74. The molecule has 0 spiro atoms. The van der Waals surface area contributed by atoms with E-state index in [1.165, 1.54) is 77.0 Å². The summed E-state index contributed by atoms with van der Waals surface area (Å²) in [5.74, 6) is 0.783. The molecule has 1 rings (SSSR count). The molecule has 154 valence electrons. The number of carbonyl (C=O) groups is 1. The molecule has 0 atom stereocenters. The number of unbranched alkanes of at least 4 members (excludes halogenated alkanes) is 12. The Kier molecular flexibility index (Phi) is 15.8. The minimum absolute atomic E-state index is 0.554. The summed E-state index contributed by atoms with van der Waals surface area (Å²) in [5, 5.41) is 0. The Morgan fingerprint density at radius 3 is 1.70 bits per heavy atom. The molecular formula is C24H40O3. The molecule has 0 N–H and O–H groups in total. The highest BCUT2D eigenvalue weighted by Gasteiger charge is 1.96. The molecule has 3 heteroatoms. The van der Waals surface area contributed by atoms with Crippen LogP contribution in [0.25, 0.3) is 0 Å². The third-order valence-corrected chi connectivity index (χ3v) is 4.90. The molecule has 0 bridgehead atoms. The first-order valence-corrected chi connectivity index (χ1v) is 11.1. The van der Waals surface area contributed by atoms with Gasteiger partial charge in [0, 0.05) is 12.2 Å². The number of ether oxygens (including phenoxy) is 2. The standard InChI is InChI=1S/C24H40O3/c1-2-3-4-5-6-7-8-9-10-11-12-13-14-19-26-20-21-27-24-17-15-23(22-25)16-18-24/h15-18,22H,2-14,19-21H2,1H3. The zero-order valence-electron chi connectivity index (χ0n) is 17.4. The van der Waals surface area contributed by atoms with Gasteiger partial charge >= 0.3 is 0 Å². The molecule has 0 heterocycles. The van der Waals surface area contributed by atoms with E-state index in [0.717, 1.165) is 25.1 Å². The van der Waals surface area contributed by atoms with Gasteiger partial charge in [-0.05, 0) is 30.7 Å². The third kappa shape index (κ3) is 14.4. The van der Waals surface area contributed by atoms with E-state index in [1.54, 1.807) is 12.1 Å². The summed E-state index contributed by atoms with van der Waals surface area (Å²) >= 11 is 0. The van der Waals surface area contributed by atoms with Gasteiger partial charge in [-0.25, -0.2) is 0 Å². The Labute approximate surface area is 166 Å². The molecule has 0 amide bonds. The smallest absolute Gasteiger partial charge is 0.150 e. The summed E-state index contributed by atoms with van der Waals surface area (Å²) in [6.45, 7) is 4.27. The van der Waals surface area contributed by atoms with E-state index in [4.69, 9.17) is 9.47 Å². The number of rotatable bonds is 19. The summed E-state index contributed by atoms with van der Waals surface area (Å²) in [6.07, 6.45) is 18.7. The second-order valence-electron chi connectivity index (χ2n) is 7.39. The largest absolute Gasteiger partial charge is 0.491 e. The molecule has 0 saturated carbocycles. The van der Waals surface area contributed by atoms with E-state index >= 15 is 0 Å². The topological polar surface area (TPSA) is 35.5 Å². The van der Waals surface area contributed by atoms with E-state index in [2.05, 4.69) is 6.92 Å². The number of aldehydes is 1. The van der Waals surface area contributed by atoms with Crippen molar-refractivity contribution in [1.29, 1.82) is 0 Å². The molecule has 0 radical (unpaired) electrons. The van der Waals surface area contributed by atoms with Crippen molar-refractivity contribution in [2.24, 2.45) is 0 Å². The quantitative estimate of drug-likeness (QED) is 0.193. The molecule has 1 aromatic carbocycles. The maximum absolute atomic E-state index is 10.6. The molecule has 0 saturated heterocycles. The molecule has 0 aromatic heterocycles. The Morgan fingerprint density at radius 2 is 1.19 bits per heavy atom. The maximum Gasteiger partial charge on any atom is 0.150 e. The van der Waals surface area contributed by atoms with Crippen molar-refractivity contribution in [3.63, 3.8) is 0 Å². The predicted molar refractivity (Wildman–Crippen MR) is 114 cm³/mol. The van der Waals surface area contributed by atoms with Gasteiger partial charge in [-0.1, -0.05) is 84.0 Å².